The van der Waals surface area contributed by atoms with Crippen LogP contribution in [0.5, 0.6) is 0 Å². The highest BCUT2D eigenvalue weighted by Gasteiger charge is 2.45. The summed E-state index contributed by atoms with van der Waals surface area (Å²) in [5, 5.41) is 33.5. The van der Waals surface area contributed by atoms with E-state index in [1.807, 2.05) is 0 Å². The second kappa shape index (κ2) is 6.10. The molecule has 0 aromatic rings. The summed E-state index contributed by atoms with van der Waals surface area (Å²) in [5.74, 6) is -0.871. The van der Waals surface area contributed by atoms with Crippen LogP contribution in [0, 0.1) is 0 Å². The molecule has 0 spiro atoms. The standard InChI is InChI=1S/C10H18N2O6/c1-4(14)11-7-6(3-13)18-10(17)8(9(7)16)12-5(2)15/h6-10,13,16-17H,3H2,1-2H3,(H,11,14)(H,12,15)/t6-,7+,8-,9+,10-/m1/s1. The van der Waals surface area contributed by atoms with Gasteiger partial charge in [0.2, 0.25) is 11.8 Å². The molecule has 5 atom stereocenters. The number of rotatable bonds is 3. The topological polar surface area (TPSA) is 128 Å². The van der Waals surface area contributed by atoms with Crippen molar-refractivity contribution in [3.8, 4) is 0 Å². The Bertz CT molecular complexity index is 323. The van der Waals surface area contributed by atoms with Crippen molar-refractivity contribution >= 4 is 11.8 Å². The normalized spacial score (nSPS) is 35.9. The van der Waals surface area contributed by atoms with E-state index in [1.165, 1.54) is 13.8 Å². The minimum Gasteiger partial charge on any atom is -0.394 e. The Labute approximate surface area is 104 Å². The molecule has 1 fully saturated rings. The lowest BCUT2D eigenvalue weighted by atomic mass is 9.94. The fourth-order valence-electron chi connectivity index (χ4n) is 1.92. The van der Waals surface area contributed by atoms with Gasteiger partial charge in [0, 0.05) is 13.8 Å². The number of amides is 2. The van der Waals surface area contributed by atoms with Crippen LogP contribution in [0.4, 0.5) is 0 Å². The van der Waals surface area contributed by atoms with Gasteiger partial charge in [0.25, 0.3) is 0 Å². The van der Waals surface area contributed by atoms with E-state index in [4.69, 9.17) is 9.84 Å². The van der Waals surface area contributed by atoms with Crippen LogP contribution in [0.25, 0.3) is 0 Å². The lowest BCUT2D eigenvalue weighted by Gasteiger charge is -2.42. The van der Waals surface area contributed by atoms with Crippen LogP contribution in [0.15, 0.2) is 0 Å². The third-order valence-corrected chi connectivity index (χ3v) is 2.68. The van der Waals surface area contributed by atoms with E-state index in [-0.39, 0.29) is 0 Å². The Balaban J connectivity index is 2.84. The third kappa shape index (κ3) is 3.39. The zero-order chi connectivity index (χ0) is 13.9. The number of hydrogen-bond donors (Lipinski definition) is 5. The maximum Gasteiger partial charge on any atom is 0.217 e. The highest BCUT2D eigenvalue weighted by molar-refractivity contribution is 5.74. The zero-order valence-corrected chi connectivity index (χ0v) is 10.2. The molecule has 8 heteroatoms. The average Bonchev–Trinajstić information content (AvgIpc) is 2.27. The fraction of sp³-hybridized carbons (Fsp3) is 0.800. The Morgan fingerprint density at radius 3 is 2.06 bits per heavy atom. The van der Waals surface area contributed by atoms with Gasteiger partial charge in [0.15, 0.2) is 6.29 Å². The molecule has 0 aromatic carbocycles. The number of hydrogen-bond acceptors (Lipinski definition) is 6. The molecule has 1 saturated heterocycles. The second-order valence-corrected chi connectivity index (χ2v) is 4.19. The van der Waals surface area contributed by atoms with E-state index in [2.05, 4.69) is 10.6 Å². The molecule has 0 unspecified atom stereocenters. The van der Waals surface area contributed by atoms with Crippen LogP contribution in [0.2, 0.25) is 0 Å². The summed E-state index contributed by atoms with van der Waals surface area (Å²) in [7, 11) is 0. The Morgan fingerprint density at radius 2 is 1.61 bits per heavy atom. The van der Waals surface area contributed by atoms with E-state index in [0.29, 0.717) is 0 Å². The molecule has 0 aliphatic carbocycles. The van der Waals surface area contributed by atoms with Crippen molar-refractivity contribution < 1.29 is 29.6 Å². The largest absolute Gasteiger partial charge is 0.394 e. The SMILES string of the molecule is CC(=O)N[C@@H]1[C@@H](O)[C@@H](NC(C)=O)[C@@H](CO)O[C@H]1O. The van der Waals surface area contributed by atoms with Crippen molar-refractivity contribution in [2.75, 3.05) is 6.61 Å². The number of carbonyl (C=O) groups is 2. The van der Waals surface area contributed by atoms with Crippen LogP contribution in [-0.4, -0.2) is 64.3 Å². The van der Waals surface area contributed by atoms with Gasteiger partial charge in [-0.25, -0.2) is 0 Å². The molecular weight excluding hydrogens is 244 g/mol. The van der Waals surface area contributed by atoms with Gasteiger partial charge in [0.1, 0.15) is 18.2 Å². The molecular formula is C10H18N2O6. The van der Waals surface area contributed by atoms with Gasteiger partial charge in [-0.2, -0.15) is 0 Å². The lowest BCUT2D eigenvalue weighted by Crippen LogP contribution is -2.68. The smallest absolute Gasteiger partial charge is 0.217 e. The molecule has 0 saturated carbocycles. The number of ether oxygens (including phenoxy) is 1. The highest BCUT2D eigenvalue weighted by atomic mass is 16.6. The molecule has 5 N–H and O–H groups in total. The number of aliphatic hydroxyl groups is 3. The first-order chi connectivity index (χ1) is 8.36. The predicted octanol–water partition coefficient (Wildman–Crippen LogP) is -2.93. The quantitative estimate of drug-likeness (QED) is 0.370. The highest BCUT2D eigenvalue weighted by Crippen LogP contribution is 2.19. The molecule has 18 heavy (non-hydrogen) atoms. The van der Waals surface area contributed by atoms with Gasteiger partial charge in [-0.05, 0) is 0 Å². The molecule has 2 amide bonds. The van der Waals surface area contributed by atoms with Gasteiger partial charge in [0.05, 0.1) is 12.6 Å². The van der Waals surface area contributed by atoms with E-state index in [9.17, 15) is 19.8 Å². The summed E-state index contributed by atoms with van der Waals surface area (Å²) in [6, 6.07) is -1.98. The first-order valence-electron chi connectivity index (χ1n) is 5.53. The first-order valence-corrected chi connectivity index (χ1v) is 5.53. The Hall–Kier alpha value is -1.22. The summed E-state index contributed by atoms with van der Waals surface area (Å²) >= 11 is 0. The average molecular weight is 262 g/mol. The summed E-state index contributed by atoms with van der Waals surface area (Å²) in [6.45, 7) is 2.00. The molecule has 1 rings (SSSR count). The van der Waals surface area contributed by atoms with Crippen LogP contribution < -0.4 is 10.6 Å². The minimum atomic E-state index is -1.45. The third-order valence-electron chi connectivity index (χ3n) is 2.68. The van der Waals surface area contributed by atoms with Crippen molar-refractivity contribution in [1.82, 2.24) is 10.6 Å². The van der Waals surface area contributed by atoms with Crippen LogP contribution in [-0.2, 0) is 14.3 Å². The van der Waals surface area contributed by atoms with Crippen LogP contribution >= 0.6 is 0 Å². The van der Waals surface area contributed by atoms with Crippen molar-refractivity contribution in [1.29, 1.82) is 0 Å². The summed E-state index contributed by atoms with van der Waals surface area (Å²) in [5.41, 5.74) is 0. The lowest BCUT2D eigenvalue weighted by molar-refractivity contribution is -0.226. The van der Waals surface area contributed by atoms with Gasteiger partial charge in [-0.15, -0.1) is 0 Å². The van der Waals surface area contributed by atoms with Gasteiger partial charge >= 0.3 is 0 Å². The first kappa shape index (κ1) is 14.8. The molecule has 0 radical (unpaired) electrons. The van der Waals surface area contributed by atoms with Crippen LogP contribution in [0.1, 0.15) is 13.8 Å². The molecule has 1 aliphatic heterocycles. The van der Waals surface area contributed by atoms with Crippen molar-refractivity contribution in [3.63, 3.8) is 0 Å². The number of nitrogens with one attached hydrogen (secondary N) is 2. The van der Waals surface area contributed by atoms with E-state index in [1.54, 1.807) is 0 Å². The summed E-state index contributed by atoms with van der Waals surface area (Å²) < 4.78 is 5.05. The molecule has 0 aromatic heterocycles. The zero-order valence-electron chi connectivity index (χ0n) is 10.2. The van der Waals surface area contributed by atoms with Gasteiger partial charge in [-0.3, -0.25) is 9.59 Å². The van der Waals surface area contributed by atoms with Crippen molar-refractivity contribution in [3.05, 3.63) is 0 Å². The summed E-state index contributed by atoms with van der Waals surface area (Å²) in [6.07, 6.45) is -3.66. The number of aliphatic hydroxyl groups excluding tert-OH is 3. The maximum absolute atomic E-state index is 11.0. The van der Waals surface area contributed by atoms with Gasteiger partial charge in [-0.1, -0.05) is 0 Å². The monoisotopic (exact) mass is 262 g/mol. The molecule has 8 nitrogen and oxygen atoms in total. The van der Waals surface area contributed by atoms with E-state index < -0.39 is 49.0 Å². The Morgan fingerprint density at radius 1 is 1.11 bits per heavy atom. The molecule has 1 aliphatic rings. The number of carbonyl (C=O) groups excluding carboxylic acids is 2. The molecule has 1 heterocycles. The van der Waals surface area contributed by atoms with Crippen molar-refractivity contribution in [2.24, 2.45) is 0 Å². The van der Waals surface area contributed by atoms with E-state index >= 15 is 0 Å². The molecule has 0 bridgehead atoms. The molecule has 104 valence electrons. The fourth-order valence-corrected chi connectivity index (χ4v) is 1.92. The van der Waals surface area contributed by atoms with Crippen LogP contribution in [0.3, 0.4) is 0 Å². The summed E-state index contributed by atoms with van der Waals surface area (Å²) in [4.78, 5) is 22.0. The Kier molecular flexibility index (Phi) is 5.03. The predicted molar refractivity (Wildman–Crippen MR) is 59.2 cm³/mol. The minimum absolute atomic E-state index is 0.418. The van der Waals surface area contributed by atoms with Gasteiger partial charge < -0.3 is 30.7 Å². The van der Waals surface area contributed by atoms with Crippen molar-refractivity contribution in [2.45, 2.75) is 44.4 Å². The maximum atomic E-state index is 11.0. The second-order valence-electron chi connectivity index (χ2n) is 4.19. The van der Waals surface area contributed by atoms with E-state index in [0.717, 1.165) is 0 Å².